The second-order valence-corrected chi connectivity index (χ2v) is 2.66. The Morgan fingerprint density at radius 3 is 2.80 bits per heavy atom. The van der Waals surface area contributed by atoms with Crippen molar-refractivity contribution >= 4 is 0 Å². The van der Waals surface area contributed by atoms with Gasteiger partial charge in [0, 0.05) is 6.92 Å². The Morgan fingerprint density at radius 1 is 1.70 bits per heavy atom. The molecule has 1 fully saturated rings. The van der Waals surface area contributed by atoms with Crippen molar-refractivity contribution in [3.05, 3.63) is 0 Å². The summed E-state index contributed by atoms with van der Waals surface area (Å²) >= 11 is 0. The van der Waals surface area contributed by atoms with Crippen molar-refractivity contribution in [2.24, 2.45) is 0 Å². The Morgan fingerprint density at radius 2 is 2.40 bits per heavy atom. The lowest BCUT2D eigenvalue weighted by Gasteiger charge is -2.33. The zero-order valence-electron chi connectivity index (χ0n) is 6.39. The Balaban J connectivity index is 2.56. The highest BCUT2D eigenvalue weighted by Crippen LogP contribution is 2.20. The van der Waals surface area contributed by atoms with Crippen LogP contribution in [-0.4, -0.2) is 18.5 Å². The summed E-state index contributed by atoms with van der Waals surface area (Å²) in [5.41, 5.74) is 0. The molecule has 1 aliphatic heterocycles. The molecule has 0 aromatic carbocycles. The number of hydrogen-bond acceptors (Lipinski definition) is 2. The number of ether oxygens (including phenoxy) is 2. The van der Waals surface area contributed by atoms with Crippen LogP contribution < -0.4 is 0 Å². The molecular formula is C8H12O2. The van der Waals surface area contributed by atoms with Gasteiger partial charge in [0.05, 0.1) is 12.7 Å². The number of rotatable bonds is 0. The van der Waals surface area contributed by atoms with E-state index in [1.165, 1.54) is 0 Å². The van der Waals surface area contributed by atoms with Crippen molar-refractivity contribution in [2.75, 3.05) is 6.61 Å². The normalized spacial score (nSPS) is 40.7. The summed E-state index contributed by atoms with van der Waals surface area (Å²) in [6.45, 7) is 4.46. The quantitative estimate of drug-likeness (QED) is 0.470. The van der Waals surface area contributed by atoms with Gasteiger partial charge in [-0.05, 0) is 19.3 Å². The van der Waals surface area contributed by atoms with E-state index in [2.05, 4.69) is 5.92 Å². The van der Waals surface area contributed by atoms with Gasteiger partial charge in [-0.15, -0.1) is 6.42 Å². The fourth-order valence-electron chi connectivity index (χ4n) is 0.972. The van der Waals surface area contributed by atoms with E-state index in [1.807, 2.05) is 6.92 Å². The van der Waals surface area contributed by atoms with Crippen molar-refractivity contribution < 1.29 is 9.47 Å². The van der Waals surface area contributed by atoms with Gasteiger partial charge in [0.25, 0.3) is 0 Å². The lowest BCUT2D eigenvalue weighted by atomic mass is 10.2. The van der Waals surface area contributed by atoms with Crippen LogP contribution in [0.5, 0.6) is 0 Å². The Bertz CT molecular complexity index is 159. The van der Waals surface area contributed by atoms with Gasteiger partial charge < -0.3 is 9.47 Å². The van der Waals surface area contributed by atoms with Crippen LogP contribution in [0.2, 0.25) is 0 Å². The maximum Gasteiger partial charge on any atom is 0.230 e. The fraction of sp³-hybridized carbons (Fsp3) is 0.750. The third kappa shape index (κ3) is 1.50. The van der Waals surface area contributed by atoms with E-state index in [0.29, 0.717) is 6.61 Å². The van der Waals surface area contributed by atoms with Crippen LogP contribution in [0.15, 0.2) is 0 Å². The average molecular weight is 140 g/mol. The molecular weight excluding hydrogens is 128 g/mol. The van der Waals surface area contributed by atoms with Gasteiger partial charge >= 0.3 is 0 Å². The first-order chi connectivity index (χ1) is 4.66. The molecule has 0 aromatic heterocycles. The molecule has 1 aliphatic rings. The van der Waals surface area contributed by atoms with Gasteiger partial charge in [-0.1, -0.05) is 0 Å². The molecule has 2 nitrogen and oxygen atoms in total. The predicted octanol–water partition coefficient (Wildman–Crippen LogP) is 1.16. The maximum absolute atomic E-state index is 5.36. The number of terminal acetylenes is 1. The first-order valence-corrected chi connectivity index (χ1v) is 3.46. The van der Waals surface area contributed by atoms with Crippen LogP contribution in [0, 0.1) is 12.3 Å². The van der Waals surface area contributed by atoms with Gasteiger partial charge in [-0.25, -0.2) is 0 Å². The summed E-state index contributed by atoms with van der Waals surface area (Å²) in [6.07, 6.45) is 6.34. The zero-order chi connectivity index (χ0) is 7.61. The lowest BCUT2D eigenvalue weighted by Crippen LogP contribution is -2.39. The first-order valence-electron chi connectivity index (χ1n) is 3.46. The molecule has 0 aliphatic carbocycles. The van der Waals surface area contributed by atoms with Crippen molar-refractivity contribution in [1.29, 1.82) is 0 Å². The molecule has 1 saturated heterocycles. The molecule has 0 spiro atoms. The summed E-state index contributed by atoms with van der Waals surface area (Å²) < 4.78 is 10.6. The largest absolute Gasteiger partial charge is 0.340 e. The van der Waals surface area contributed by atoms with E-state index in [0.717, 1.165) is 6.42 Å². The van der Waals surface area contributed by atoms with E-state index >= 15 is 0 Å². The van der Waals surface area contributed by atoms with Crippen LogP contribution in [-0.2, 0) is 9.47 Å². The maximum atomic E-state index is 5.36. The highest BCUT2D eigenvalue weighted by Gasteiger charge is 2.29. The highest BCUT2D eigenvalue weighted by molar-refractivity contribution is 5.01. The molecule has 0 unspecified atom stereocenters. The number of hydrogen-bond donors (Lipinski definition) is 0. The monoisotopic (exact) mass is 140 g/mol. The SMILES string of the molecule is C#C[C@]1(C)OCC[C@H](C)O1. The van der Waals surface area contributed by atoms with Crippen LogP contribution in [0.3, 0.4) is 0 Å². The molecule has 0 aromatic rings. The Hall–Kier alpha value is -0.520. The predicted molar refractivity (Wildman–Crippen MR) is 38.4 cm³/mol. The van der Waals surface area contributed by atoms with Gasteiger partial charge in [0.2, 0.25) is 5.79 Å². The molecule has 2 atom stereocenters. The van der Waals surface area contributed by atoms with E-state index in [1.54, 1.807) is 6.92 Å². The van der Waals surface area contributed by atoms with Gasteiger partial charge in [-0.2, -0.15) is 0 Å². The Labute approximate surface area is 61.5 Å². The topological polar surface area (TPSA) is 18.5 Å². The van der Waals surface area contributed by atoms with Gasteiger partial charge in [0.1, 0.15) is 0 Å². The minimum absolute atomic E-state index is 0.217. The third-order valence-corrected chi connectivity index (χ3v) is 1.59. The van der Waals surface area contributed by atoms with Crippen LogP contribution >= 0.6 is 0 Å². The minimum atomic E-state index is -0.780. The van der Waals surface area contributed by atoms with Gasteiger partial charge in [0.15, 0.2) is 0 Å². The minimum Gasteiger partial charge on any atom is -0.340 e. The molecule has 0 amide bonds. The second kappa shape index (κ2) is 2.61. The zero-order valence-corrected chi connectivity index (χ0v) is 6.39. The Kier molecular flexibility index (Phi) is 1.98. The molecule has 1 heterocycles. The molecule has 0 bridgehead atoms. The summed E-state index contributed by atoms with van der Waals surface area (Å²) in [6, 6.07) is 0. The summed E-state index contributed by atoms with van der Waals surface area (Å²) in [5, 5.41) is 0. The van der Waals surface area contributed by atoms with Crippen molar-refractivity contribution in [3.8, 4) is 12.3 Å². The molecule has 0 saturated carbocycles. The molecule has 56 valence electrons. The summed E-state index contributed by atoms with van der Waals surface area (Å²) in [5.74, 6) is 1.69. The van der Waals surface area contributed by atoms with Crippen molar-refractivity contribution in [1.82, 2.24) is 0 Å². The molecule has 1 rings (SSSR count). The standard InChI is InChI=1S/C8H12O2/c1-4-8(3)9-6-5-7(2)10-8/h1,7H,5-6H2,2-3H3/t7-,8+/m0/s1. The lowest BCUT2D eigenvalue weighted by molar-refractivity contribution is -0.244. The highest BCUT2D eigenvalue weighted by atomic mass is 16.7. The van der Waals surface area contributed by atoms with Gasteiger partial charge in [-0.3, -0.25) is 0 Å². The summed E-state index contributed by atoms with van der Waals surface area (Å²) in [7, 11) is 0. The van der Waals surface area contributed by atoms with Crippen molar-refractivity contribution in [3.63, 3.8) is 0 Å². The van der Waals surface area contributed by atoms with E-state index in [9.17, 15) is 0 Å². The first kappa shape index (κ1) is 7.59. The molecule has 2 heteroatoms. The van der Waals surface area contributed by atoms with Crippen LogP contribution in [0.4, 0.5) is 0 Å². The van der Waals surface area contributed by atoms with Crippen LogP contribution in [0.1, 0.15) is 20.3 Å². The molecule has 0 N–H and O–H groups in total. The second-order valence-electron chi connectivity index (χ2n) is 2.66. The van der Waals surface area contributed by atoms with Crippen LogP contribution in [0.25, 0.3) is 0 Å². The van der Waals surface area contributed by atoms with E-state index in [-0.39, 0.29) is 6.10 Å². The van der Waals surface area contributed by atoms with Crippen molar-refractivity contribution in [2.45, 2.75) is 32.2 Å². The van der Waals surface area contributed by atoms with E-state index < -0.39 is 5.79 Å². The fourth-order valence-corrected chi connectivity index (χ4v) is 0.972. The average Bonchev–Trinajstić information content (AvgIpc) is 1.88. The smallest absolute Gasteiger partial charge is 0.230 e. The van der Waals surface area contributed by atoms with E-state index in [4.69, 9.17) is 15.9 Å². The third-order valence-electron chi connectivity index (χ3n) is 1.59. The summed E-state index contributed by atoms with van der Waals surface area (Å²) in [4.78, 5) is 0. The molecule has 10 heavy (non-hydrogen) atoms. The molecule has 0 radical (unpaired) electrons.